The maximum Gasteiger partial charge on any atom is 0.308 e. The smallest absolute Gasteiger partial charge is 0.308 e. The number of aryl methyl sites for hydroxylation is 1. The van der Waals surface area contributed by atoms with Crippen molar-refractivity contribution in [1.29, 1.82) is 0 Å². The Labute approximate surface area is 157 Å². The Morgan fingerprint density at radius 3 is 2.96 bits per heavy atom. The minimum atomic E-state index is -0.580. The van der Waals surface area contributed by atoms with Gasteiger partial charge in [-0.05, 0) is 29.6 Å². The van der Waals surface area contributed by atoms with Crippen LogP contribution in [0.25, 0.3) is 10.2 Å². The first-order valence-corrected chi connectivity index (χ1v) is 8.92. The van der Waals surface area contributed by atoms with Gasteiger partial charge in [-0.1, -0.05) is 17.7 Å². The number of nitrogens with one attached hydrogen (secondary N) is 1. The third-order valence-corrected chi connectivity index (χ3v) is 4.54. The molecule has 0 bridgehead atoms. The van der Waals surface area contributed by atoms with E-state index in [-0.39, 0.29) is 18.5 Å². The van der Waals surface area contributed by atoms with Crippen LogP contribution in [0.5, 0.6) is 0 Å². The number of anilines is 1. The number of hydrogen-bond acceptors (Lipinski definition) is 6. The predicted octanol–water partition coefficient (Wildman–Crippen LogP) is 2.68. The zero-order valence-corrected chi connectivity index (χ0v) is 15.0. The van der Waals surface area contributed by atoms with Crippen molar-refractivity contribution < 1.29 is 14.3 Å². The molecule has 3 rings (SSSR count). The van der Waals surface area contributed by atoms with Gasteiger partial charge in [0.1, 0.15) is 4.83 Å². The molecule has 0 aliphatic rings. The highest BCUT2D eigenvalue weighted by Gasteiger charge is 2.10. The van der Waals surface area contributed by atoms with Crippen molar-refractivity contribution in [2.75, 3.05) is 11.9 Å². The topological polar surface area (TPSA) is 90.3 Å². The lowest BCUT2D eigenvalue weighted by Gasteiger charge is -2.08. The molecule has 1 amide bonds. The number of hydrogen-bond donors (Lipinski definition) is 1. The fraction of sp³-hybridized carbons (Fsp3) is 0.176. The summed E-state index contributed by atoms with van der Waals surface area (Å²) in [6.45, 7) is -0.283. The summed E-state index contributed by atoms with van der Waals surface area (Å²) in [5.74, 6) is -1.05. The summed E-state index contributed by atoms with van der Waals surface area (Å²) in [7, 11) is 0. The molecule has 26 heavy (non-hydrogen) atoms. The van der Waals surface area contributed by atoms with Crippen LogP contribution in [0.15, 0.2) is 46.8 Å². The SMILES string of the molecule is O=C(COC(=O)CCn1cnc2sccc2c1=O)Nc1cccc(Cl)c1. The van der Waals surface area contributed by atoms with E-state index in [0.29, 0.717) is 20.9 Å². The average Bonchev–Trinajstić information content (AvgIpc) is 3.09. The second kappa shape index (κ2) is 8.11. The van der Waals surface area contributed by atoms with Gasteiger partial charge < -0.3 is 10.1 Å². The molecule has 0 fully saturated rings. The Kier molecular flexibility index (Phi) is 5.65. The van der Waals surface area contributed by atoms with E-state index >= 15 is 0 Å². The Hall–Kier alpha value is -2.71. The predicted molar refractivity (Wildman–Crippen MR) is 99.5 cm³/mol. The molecule has 0 radical (unpaired) electrons. The summed E-state index contributed by atoms with van der Waals surface area (Å²) in [6, 6.07) is 8.33. The standard InChI is InChI=1S/C17H14ClN3O4S/c18-11-2-1-3-12(8-11)20-14(22)9-25-15(23)4-6-21-10-19-16-13(17(21)24)5-7-26-16/h1-3,5,7-8,10H,4,6,9H2,(H,20,22). The van der Waals surface area contributed by atoms with Crippen LogP contribution in [0, 0.1) is 0 Å². The number of aromatic nitrogens is 2. The van der Waals surface area contributed by atoms with Crippen LogP contribution in [0.2, 0.25) is 5.02 Å². The molecular formula is C17H14ClN3O4S. The number of amides is 1. The number of thiophene rings is 1. The molecule has 0 atom stereocenters. The van der Waals surface area contributed by atoms with Gasteiger partial charge in [0, 0.05) is 17.3 Å². The fourth-order valence-electron chi connectivity index (χ4n) is 2.25. The van der Waals surface area contributed by atoms with Gasteiger partial charge in [-0.25, -0.2) is 4.98 Å². The molecule has 7 nitrogen and oxygen atoms in total. The van der Waals surface area contributed by atoms with E-state index in [9.17, 15) is 14.4 Å². The minimum Gasteiger partial charge on any atom is -0.456 e. The molecule has 1 aromatic carbocycles. The van der Waals surface area contributed by atoms with Gasteiger partial charge in [0.25, 0.3) is 11.5 Å². The van der Waals surface area contributed by atoms with Crippen molar-refractivity contribution in [1.82, 2.24) is 9.55 Å². The van der Waals surface area contributed by atoms with Gasteiger partial charge in [-0.3, -0.25) is 19.0 Å². The number of esters is 1. The van der Waals surface area contributed by atoms with Crippen LogP contribution >= 0.6 is 22.9 Å². The first-order chi connectivity index (χ1) is 12.5. The molecule has 0 aliphatic carbocycles. The molecule has 2 heterocycles. The number of fused-ring (bicyclic) bond motifs is 1. The van der Waals surface area contributed by atoms with Crippen LogP contribution in [-0.4, -0.2) is 28.0 Å². The van der Waals surface area contributed by atoms with E-state index in [2.05, 4.69) is 10.3 Å². The monoisotopic (exact) mass is 391 g/mol. The van der Waals surface area contributed by atoms with E-state index < -0.39 is 18.5 Å². The van der Waals surface area contributed by atoms with Crippen molar-refractivity contribution >= 4 is 50.7 Å². The molecule has 0 saturated heterocycles. The number of rotatable bonds is 6. The second-order valence-corrected chi connectivity index (χ2v) is 6.68. The van der Waals surface area contributed by atoms with Crippen molar-refractivity contribution in [2.45, 2.75) is 13.0 Å². The van der Waals surface area contributed by atoms with Crippen molar-refractivity contribution in [3.8, 4) is 0 Å². The third-order valence-electron chi connectivity index (χ3n) is 3.48. The molecule has 9 heteroatoms. The highest BCUT2D eigenvalue weighted by molar-refractivity contribution is 7.16. The lowest BCUT2D eigenvalue weighted by Crippen LogP contribution is -2.24. The summed E-state index contributed by atoms with van der Waals surface area (Å²) in [4.78, 5) is 40.6. The molecule has 3 aromatic rings. The highest BCUT2D eigenvalue weighted by atomic mass is 35.5. The summed E-state index contributed by atoms with van der Waals surface area (Å²) in [6.07, 6.45) is 1.36. The number of halogens is 1. The quantitative estimate of drug-likeness (QED) is 0.652. The third kappa shape index (κ3) is 4.47. The Balaban J connectivity index is 1.48. The summed E-state index contributed by atoms with van der Waals surface area (Å²) in [5, 5.41) is 5.37. The normalized spacial score (nSPS) is 10.7. The van der Waals surface area contributed by atoms with Crippen LogP contribution in [0.3, 0.4) is 0 Å². The van der Waals surface area contributed by atoms with E-state index in [1.807, 2.05) is 0 Å². The van der Waals surface area contributed by atoms with Gasteiger partial charge in [0.05, 0.1) is 18.1 Å². The molecule has 134 valence electrons. The fourth-order valence-corrected chi connectivity index (χ4v) is 3.16. The van der Waals surface area contributed by atoms with Crippen LogP contribution < -0.4 is 10.9 Å². The number of carbonyl (C=O) groups excluding carboxylic acids is 2. The van der Waals surface area contributed by atoms with Gasteiger partial charge in [0.2, 0.25) is 0 Å². The molecular weight excluding hydrogens is 378 g/mol. The molecule has 0 aliphatic heterocycles. The number of nitrogens with zero attached hydrogens (tertiary/aromatic N) is 2. The van der Waals surface area contributed by atoms with Gasteiger partial charge in [0.15, 0.2) is 6.61 Å². The Morgan fingerprint density at radius 1 is 1.31 bits per heavy atom. The first kappa shape index (κ1) is 18.1. The van der Waals surface area contributed by atoms with E-state index in [1.54, 1.807) is 35.7 Å². The Bertz CT molecular complexity index is 1010. The summed E-state index contributed by atoms with van der Waals surface area (Å²) in [5.41, 5.74) is 0.308. The first-order valence-electron chi connectivity index (χ1n) is 7.66. The molecule has 1 N–H and O–H groups in total. The van der Waals surface area contributed by atoms with Crippen molar-refractivity contribution in [3.63, 3.8) is 0 Å². The van der Waals surface area contributed by atoms with Crippen molar-refractivity contribution in [2.24, 2.45) is 0 Å². The molecule has 0 spiro atoms. The number of benzene rings is 1. The highest BCUT2D eigenvalue weighted by Crippen LogP contribution is 2.15. The lowest BCUT2D eigenvalue weighted by atomic mass is 10.3. The second-order valence-electron chi connectivity index (χ2n) is 5.35. The Morgan fingerprint density at radius 2 is 2.15 bits per heavy atom. The van der Waals surface area contributed by atoms with E-state index in [4.69, 9.17) is 16.3 Å². The zero-order chi connectivity index (χ0) is 18.5. The lowest BCUT2D eigenvalue weighted by molar-refractivity contribution is -0.147. The number of ether oxygens (including phenoxy) is 1. The maximum absolute atomic E-state index is 12.2. The molecule has 0 saturated carbocycles. The maximum atomic E-state index is 12.2. The van der Waals surface area contributed by atoms with Crippen molar-refractivity contribution in [3.05, 3.63) is 57.4 Å². The minimum absolute atomic E-state index is 0.0400. The van der Waals surface area contributed by atoms with E-state index in [1.165, 1.54) is 22.2 Å². The summed E-state index contributed by atoms with van der Waals surface area (Å²) >= 11 is 7.21. The molecule has 2 aromatic heterocycles. The molecule has 0 unspecified atom stereocenters. The van der Waals surface area contributed by atoms with Crippen LogP contribution in [0.4, 0.5) is 5.69 Å². The average molecular weight is 392 g/mol. The number of carbonyl (C=O) groups is 2. The van der Waals surface area contributed by atoms with Crippen LogP contribution in [-0.2, 0) is 20.9 Å². The van der Waals surface area contributed by atoms with E-state index in [0.717, 1.165) is 0 Å². The van der Waals surface area contributed by atoms with Crippen LogP contribution in [0.1, 0.15) is 6.42 Å². The van der Waals surface area contributed by atoms with Gasteiger partial charge >= 0.3 is 5.97 Å². The zero-order valence-electron chi connectivity index (χ0n) is 13.5. The summed E-state index contributed by atoms with van der Waals surface area (Å²) < 4.78 is 6.27. The van der Waals surface area contributed by atoms with Gasteiger partial charge in [-0.15, -0.1) is 11.3 Å². The van der Waals surface area contributed by atoms with Gasteiger partial charge in [-0.2, -0.15) is 0 Å². The largest absolute Gasteiger partial charge is 0.456 e.